The molecule has 0 aromatic rings. The summed E-state index contributed by atoms with van der Waals surface area (Å²) in [5, 5.41) is 7.32. The summed E-state index contributed by atoms with van der Waals surface area (Å²) in [6, 6.07) is 0.385. The monoisotopic (exact) mass is 212 g/mol. The van der Waals surface area contributed by atoms with E-state index in [9.17, 15) is 0 Å². The van der Waals surface area contributed by atoms with Crippen LogP contribution in [0.2, 0.25) is 0 Å². The summed E-state index contributed by atoms with van der Waals surface area (Å²) in [5.74, 6) is 0.291. The highest BCUT2D eigenvalue weighted by molar-refractivity contribution is 5.77. The molecule has 0 spiro atoms. The van der Waals surface area contributed by atoms with Crippen molar-refractivity contribution in [3.63, 3.8) is 0 Å². The lowest BCUT2D eigenvalue weighted by atomic mass is 9.98. The minimum absolute atomic E-state index is 0.225. The minimum atomic E-state index is 0.225. The van der Waals surface area contributed by atoms with Crippen molar-refractivity contribution in [2.24, 2.45) is 5.73 Å². The number of hydrogen-bond acceptors (Lipinski definition) is 3. The lowest BCUT2D eigenvalue weighted by Crippen LogP contribution is -2.59. The molecule has 0 saturated carbocycles. The van der Waals surface area contributed by atoms with Gasteiger partial charge in [0, 0.05) is 37.6 Å². The van der Waals surface area contributed by atoms with Gasteiger partial charge < -0.3 is 5.73 Å². The summed E-state index contributed by atoms with van der Waals surface area (Å²) in [5.41, 5.74) is 5.67. The number of piperazine rings is 1. The Morgan fingerprint density at radius 1 is 1.47 bits per heavy atom. The van der Waals surface area contributed by atoms with Gasteiger partial charge in [-0.2, -0.15) is 0 Å². The Hall–Kier alpha value is -0.610. The number of amidine groups is 1. The Balaban J connectivity index is 2.55. The van der Waals surface area contributed by atoms with Crippen LogP contribution in [-0.4, -0.2) is 53.9 Å². The molecule has 88 valence electrons. The van der Waals surface area contributed by atoms with Crippen molar-refractivity contribution in [3.05, 3.63) is 0 Å². The Kier molecular flexibility index (Phi) is 3.73. The van der Waals surface area contributed by atoms with Crippen LogP contribution in [0.25, 0.3) is 0 Å². The van der Waals surface area contributed by atoms with E-state index in [0.29, 0.717) is 18.3 Å². The normalized spacial score (nSPS) is 25.1. The molecule has 1 aliphatic rings. The molecular weight excluding hydrogens is 188 g/mol. The standard InChI is InChI=1S/C11H24N4/c1-9(7-10(12)13)15-6-5-14(4)11(2,3)8-15/h9H,5-8H2,1-4H3,(H3,12,13). The topological polar surface area (TPSA) is 56.4 Å². The molecule has 1 heterocycles. The minimum Gasteiger partial charge on any atom is -0.388 e. The Morgan fingerprint density at radius 2 is 2.07 bits per heavy atom. The second-order valence-corrected chi connectivity index (χ2v) is 5.28. The van der Waals surface area contributed by atoms with E-state index in [1.54, 1.807) is 0 Å². The molecule has 0 aromatic heterocycles. The third-order valence-electron chi connectivity index (χ3n) is 3.48. The van der Waals surface area contributed by atoms with Gasteiger partial charge in [0.15, 0.2) is 0 Å². The quantitative estimate of drug-likeness (QED) is 0.535. The van der Waals surface area contributed by atoms with Gasteiger partial charge in [-0.25, -0.2) is 0 Å². The summed E-state index contributed by atoms with van der Waals surface area (Å²) in [6.45, 7) is 9.91. The molecule has 1 rings (SSSR count). The molecule has 4 nitrogen and oxygen atoms in total. The molecule has 0 radical (unpaired) electrons. The zero-order chi connectivity index (χ0) is 11.6. The van der Waals surface area contributed by atoms with E-state index >= 15 is 0 Å². The zero-order valence-corrected chi connectivity index (χ0v) is 10.4. The van der Waals surface area contributed by atoms with Gasteiger partial charge in [0.2, 0.25) is 0 Å². The molecule has 0 aliphatic carbocycles. The Labute approximate surface area is 92.9 Å². The number of rotatable bonds is 3. The van der Waals surface area contributed by atoms with Crippen LogP contribution in [0.15, 0.2) is 0 Å². The molecule has 1 aliphatic heterocycles. The highest BCUT2D eigenvalue weighted by Crippen LogP contribution is 2.21. The predicted molar refractivity (Wildman–Crippen MR) is 64.3 cm³/mol. The smallest absolute Gasteiger partial charge is 0.0920 e. The maximum atomic E-state index is 7.32. The van der Waals surface area contributed by atoms with Crippen LogP contribution in [0.4, 0.5) is 0 Å². The number of nitrogens with zero attached hydrogens (tertiary/aromatic N) is 2. The van der Waals surface area contributed by atoms with Gasteiger partial charge in [0.25, 0.3) is 0 Å². The van der Waals surface area contributed by atoms with Gasteiger partial charge in [-0.3, -0.25) is 15.2 Å². The first-order chi connectivity index (χ1) is 6.83. The lowest BCUT2D eigenvalue weighted by molar-refractivity contribution is 0.0220. The first kappa shape index (κ1) is 12.5. The number of nitrogens with one attached hydrogen (secondary N) is 1. The second-order valence-electron chi connectivity index (χ2n) is 5.28. The highest BCUT2D eigenvalue weighted by Gasteiger charge is 2.32. The van der Waals surface area contributed by atoms with Crippen molar-refractivity contribution in [2.75, 3.05) is 26.7 Å². The van der Waals surface area contributed by atoms with Crippen molar-refractivity contribution in [3.8, 4) is 0 Å². The Bertz CT molecular complexity index is 237. The summed E-state index contributed by atoms with van der Waals surface area (Å²) in [6.07, 6.45) is 0.680. The lowest BCUT2D eigenvalue weighted by Gasteiger charge is -2.47. The van der Waals surface area contributed by atoms with E-state index in [2.05, 4.69) is 37.6 Å². The van der Waals surface area contributed by atoms with Crippen LogP contribution < -0.4 is 5.73 Å². The molecule has 0 amide bonds. The van der Waals surface area contributed by atoms with Crippen molar-refractivity contribution in [1.29, 1.82) is 5.41 Å². The van der Waals surface area contributed by atoms with Crippen LogP contribution in [0.5, 0.6) is 0 Å². The number of hydrogen-bond donors (Lipinski definition) is 2. The molecule has 1 fully saturated rings. The summed E-state index contributed by atoms with van der Waals surface area (Å²) in [4.78, 5) is 4.82. The molecule has 15 heavy (non-hydrogen) atoms. The molecule has 0 aromatic carbocycles. The summed E-state index contributed by atoms with van der Waals surface area (Å²) >= 11 is 0. The van der Waals surface area contributed by atoms with Crippen molar-refractivity contribution < 1.29 is 0 Å². The van der Waals surface area contributed by atoms with Crippen molar-refractivity contribution in [2.45, 2.75) is 38.8 Å². The largest absolute Gasteiger partial charge is 0.388 e. The van der Waals surface area contributed by atoms with Gasteiger partial charge in [0.1, 0.15) is 0 Å². The molecule has 3 N–H and O–H groups in total. The molecule has 0 bridgehead atoms. The molecule has 1 saturated heterocycles. The fraction of sp³-hybridized carbons (Fsp3) is 0.909. The molecular formula is C11H24N4. The van der Waals surface area contributed by atoms with Crippen LogP contribution in [0, 0.1) is 5.41 Å². The van der Waals surface area contributed by atoms with Gasteiger partial charge in [-0.15, -0.1) is 0 Å². The van der Waals surface area contributed by atoms with Crippen LogP contribution >= 0.6 is 0 Å². The van der Waals surface area contributed by atoms with Gasteiger partial charge in [-0.1, -0.05) is 0 Å². The van der Waals surface area contributed by atoms with E-state index in [-0.39, 0.29) is 5.54 Å². The second kappa shape index (κ2) is 4.49. The van der Waals surface area contributed by atoms with Crippen LogP contribution in [0.1, 0.15) is 27.2 Å². The predicted octanol–water partition coefficient (Wildman–Crippen LogP) is 0.727. The maximum Gasteiger partial charge on any atom is 0.0920 e. The van der Waals surface area contributed by atoms with E-state index in [0.717, 1.165) is 19.6 Å². The Morgan fingerprint density at radius 3 is 2.53 bits per heavy atom. The molecule has 1 atom stereocenters. The van der Waals surface area contributed by atoms with Gasteiger partial charge in [0.05, 0.1) is 5.84 Å². The fourth-order valence-electron chi connectivity index (χ4n) is 2.10. The van der Waals surface area contributed by atoms with E-state index in [4.69, 9.17) is 11.1 Å². The summed E-state index contributed by atoms with van der Waals surface area (Å²) < 4.78 is 0. The van der Waals surface area contributed by atoms with Gasteiger partial charge >= 0.3 is 0 Å². The van der Waals surface area contributed by atoms with Crippen molar-refractivity contribution in [1.82, 2.24) is 9.80 Å². The zero-order valence-electron chi connectivity index (χ0n) is 10.4. The average Bonchev–Trinajstić information content (AvgIpc) is 2.08. The van der Waals surface area contributed by atoms with E-state index in [1.165, 1.54) is 0 Å². The third kappa shape index (κ3) is 3.18. The SMILES string of the molecule is CC(CC(=N)N)N1CCN(C)C(C)(C)C1. The fourth-order valence-corrected chi connectivity index (χ4v) is 2.10. The van der Waals surface area contributed by atoms with E-state index < -0.39 is 0 Å². The molecule has 1 unspecified atom stereocenters. The van der Waals surface area contributed by atoms with Crippen LogP contribution in [-0.2, 0) is 0 Å². The number of likely N-dealkylation sites (N-methyl/N-ethyl adjacent to an activating group) is 1. The highest BCUT2D eigenvalue weighted by atomic mass is 15.3. The van der Waals surface area contributed by atoms with E-state index in [1.807, 2.05) is 0 Å². The maximum absolute atomic E-state index is 7.32. The molecule has 4 heteroatoms. The first-order valence-corrected chi connectivity index (χ1v) is 5.61. The first-order valence-electron chi connectivity index (χ1n) is 5.61. The summed E-state index contributed by atoms with van der Waals surface area (Å²) in [7, 11) is 2.17. The number of nitrogens with two attached hydrogens (primary N) is 1. The van der Waals surface area contributed by atoms with Crippen LogP contribution in [0.3, 0.4) is 0 Å². The third-order valence-corrected chi connectivity index (χ3v) is 3.48. The van der Waals surface area contributed by atoms with Crippen molar-refractivity contribution >= 4 is 5.84 Å². The van der Waals surface area contributed by atoms with Gasteiger partial charge in [-0.05, 0) is 27.8 Å². The average molecular weight is 212 g/mol.